The molecule has 0 spiro atoms. The number of carbonyl (C=O) groups excluding carboxylic acids is 1. The first kappa shape index (κ1) is 11.7. The van der Waals surface area contributed by atoms with Crippen LogP contribution in [0.3, 0.4) is 0 Å². The summed E-state index contributed by atoms with van der Waals surface area (Å²) in [4.78, 5) is 12.5. The molecule has 0 saturated carbocycles. The number of hydrogen-bond acceptors (Lipinski definition) is 3. The van der Waals surface area contributed by atoms with Crippen LogP contribution in [-0.4, -0.2) is 11.4 Å². The van der Waals surface area contributed by atoms with Gasteiger partial charge < -0.3 is 5.32 Å². The maximum absolute atomic E-state index is 11.8. The number of hydrogen-bond donors (Lipinski definition) is 1. The number of rotatable bonds is 3. The summed E-state index contributed by atoms with van der Waals surface area (Å²) >= 11 is 1.41. The van der Waals surface area contributed by atoms with Crippen molar-refractivity contribution in [2.75, 3.05) is 0 Å². The smallest absolute Gasteiger partial charge is 0.262 e. The molecule has 0 aliphatic carbocycles. The molecule has 0 aliphatic rings. The van der Waals surface area contributed by atoms with Crippen molar-refractivity contribution >= 4 is 17.2 Å². The van der Waals surface area contributed by atoms with Crippen LogP contribution in [0.25, 0.3) is 0 Å². The molecule has 3 nitrogen and oxygen atoms in total. The van der Waals surface area contributed by atoms with Gasteiger partial charge in [-0.05, 0) is 37.3 Å². The Morgan fingerprint density at radius 3 is 2.87 bits per heavy atom. The normalized spacial score (nSPS) is 10.8. The fourth-order valence-corrected chi connectivity index (χ4v) is 2.07. The van der Waals surface area contributed by atoms with Gasteiger partial charge in [0.25, 0.3) is 5.91 Å². The highest BCUT2D eigenvalue weighted by Gasteiger charge is 2.22. The molecular formula is C11H14N2OS. The van der Waals surface area contributed by atoms with E-state index in [0.29, 0.717) is 4.88 Å². The summed E-state index contributed by atoms with van der Waals surface area (Å²) < 4.78 is 0. The summed E-state index contributed by atoms with van der Waals surface area (Å²) in [7, 11) is 0. The molecule has 1 rings (SSSR count). The van der Waals surface area contributed by atoms with Gasteiger partial charge in [0.1, 0.15) is 5.54 Å². The lowest BCUT2D eigenvalue weighted by Crippen LogP contribution is -2.42. The highest BCUT2D eigenvalue weighted by atomic mass is 32.1. The number of nitriles is 1. The van der Waals surface area contributed by atoms with Crippen LogP contribution in [0, 0.1) is 11.3 Å². The first-order valence-corrected chi connectivity index (χ1v) is 5.68. The molecule has 0 aromatic carbocycles. The highest BCUT2D eigenvalue weighted by molar-refractivity contribution is 7.12. The summed E-state index contributed by atoms with van der Waals surface area (Å²) in [6.07, 6.45) is 0.833. The van der Waals surface area contributed by atoms with Crippen molar-refractivity contribution < 1.29 is 4.79 Å². The second kappa shape index (κ2) is 4.45. The second-order valence-corrected chi connectivity index (χ2v) is 4.74. The predicted molar refractivity (Wildman–Crippen MR) is 60.9 cm³/mol. The molecule has 1 aromatic heterocycles. The topological polar surface area (TPSA) is 52.9 Å². The summed E-state index contributed by atoms with van der Waals surface area (Å²) in [5.74, 6) is -0.159. The van der Waals surface area contributed by atoms with Crippen molar-refractivity contribution in [2.45, 2.75) is 32.7 Å². The van der Waals surface area contributed by atoms with Crippen LogP contribution in [0.15, 0.2) is 11.4 Å². The van der Waals surface area contributed by atoms with E-state index in [1.165, 1.54) is 11.3 Å². The van der Waals surface area contributed by atoms with E-state index >= 15 is 0 Å². The van der Waals surface area contributed by atoms with Crippen LogP contribution in [0.5, 0.6) is 0 Å². The SMILES string of the molecule is CCc1ccsc1C(=O)NC(C)(C)C#N. The molecule has 80 valence electrons. The van der Waals surface area contributed by atoms with Gasteiger partial charge in [0.15, 0.2) is 0 Å². The van der Waals surface area contributed by atoms with E-state index in [2.05, 4.69) is 5.32 Å². The quantitative estimate of drug-likeness (QED) is 0.853. The Morgan fingerprint density at radius 2 is 2.33 bits per heavy atom. The fraction of sp³-hybridized carbons (Fsp3) is 0.455. The van der Waals surface area contributed by atoms with Gasteiger partial charge in [-0.25, -0.2) is 0 Å². The molecule has 0 aliphatic heterocycles. The lowest BCUT2D eigenvalue weighted by Gasteiger charge is -2.17. The summed E-state index contributed by atoms with van der Waals surface area (Å²) in [5, 5.41) is 13.4. The Labute approximate surface area is 93.7 Å². The second-order valence-electron chi connectivity index (χ2n) is 3.82. The van der Waals surface area contributed by atoms with Crippen molar-refractivity contribution in [3.63, 3.8) is 0 Å². The molecule has 1 N–H and O–H groups in total. The van der Waals surface area contributed by atoms with E-state index in [9.17, 15) is 4.79 Å². The molecule has 15 heavy (non-hydrogen) atoms. The van der Waals surface area contributed by atoms with Crippen LogP contribution in [0.4, 0.5) is 0 Å². The van der Waals surface area contributed by atoms with Gasteiger partial charge in [0, 0.05) is 0 Å². The minimum atomic E-state index is -0.813. The van der Waals surface area contributed by atoms with E-state index < -0.39 is 5.54 Å². The first-order valence-electron chi connectivity index (χ1n) is 4.80. The Morgan fingerprint density at radius 1 is 1.67 bits per heavy atom. The van der Waals surface area contributed by atoms with E-state index in [1.807, 2.05) is 24.4 Å². The zero-order chi connectivity index (χ0) is 11.5. The van der Waals surface area contributed by atoms with Crippen LogP contribution in [0.2, 0.25) is 0 Å². The van der Waals surface area contributed by atoms with Gasteiger partial charge >= 0.3 is 0 Å². The molecule has 4 heteroatoms. The molecule has 0 saturated heterocycles. The molecule has 1 amide bonds. The monoisotopic (exact) mass is 222 g/mol. The number of nitrogens with one attached hydrogen (secondary N) is 1. The standard InChI is InChI=1S/C11H14N2OS/c1-4-8-5-6-15-9(8)10(14)13-11(2,3)7-12/h5-6H,4H2,1-3H3,(H,13,14). The Balaban J connectivity index is 2.83. The zero-order valence-electron chi connectivity index (χ0n) is 9.13. The van der Waals surface area contributed by atoms with Crippen molar-refractivity contribution in [1.29, 1.82) is 5.26 Å². The van der Waals surface area contributed by atoms with Crippen molar-refractivity contribution in [2.24, 2.45) is 0 Å². The fourth-order valence-electron chi connectivity index (χ4n) is 1.18. The molecule has 0 bridgehead atoms. The number of amides is 1. The molecule has 1 aromatic rings. The van der Waals surface area contributed by atoms with E-state index in [0.717, 1.165) is 12.0 Å². The van der Waals surface area contributed by atoms with Gasteiger partial charge in [-0.3, -0.25) is 4.79 Å². The van der Waals surface area contributed by atoms with E-state index in [-0.39, 0.29) is 5.91 Å². The van der Waals surface area contributed by atoms with E-state index in [4.69, 9.17) is 5.26 Å². The van der Waals surface area contributed by atoms with Crippen molar-refractivity contribution in [3.05, 3.63) is 21.9 Å². The maximum Gasteiger partial charge on any atom is 0.262 e. The van der Waals surface area contributed by atoms with Crippen molar-refractivity contribution in [1.82, 2.24) is 5.32 Å². The van der Waals surface area contributed by atoms with Gasteiger partial charge in [0.05, 0.1) is 10.9 Å². The Kier molecular flexibility index (Phi) is 3.48. The van der Waals surface area contributed by atoms with Gasteiger partial charge in [0.2, 0.25) is 0 Å². The summed E-state index contributed by atoms with van der Waals surface area (Å²) in [5.41, 5.74) is 0.220. The number of nitrogens with zero attached hydrogens (tertiary/aromatic N) is 1. The van der Waals surface area contributed by atoms with Gasteiger partial charge in [-0.1, -0.05) is 6.92 Å². The average molecular weight is 222 g/mol. The maximum atomic E-state index is 11.8. The molecule has 0 radical (unpaired) electrons. The lowest BCUT2D eigenvalue weighted by molar-refractivity contribution is 0.0932. The first-order chi connectivity index (χ1) is 7.00. The number of carbonyl (C=O) groups is 1. The lowest BCUT2D eigenvalue weighted by atomic mass is 10.1. The minimum absolute atomic E-state index is 0.159. The van der Waals surface area contributed by atoms with Gasteiger partial charge in [-0.15, -0.1) is 11.3 Å². The largest absolute Gasteiger partial charge is 0.334 e. The Bertz CT molecular complexity index is 401. The highest BCUT2D eigenvalue weighted by Crippen LogP contribution is 2.18. The van der Waals surface area contributed by atoms with Crippen LogP contribution in [0.1, 0.15) is 36.0 Å². The third-order valence-electron chi connectivity index (χ3n) is 2.04. The van der Waals surface area contributed by atoms with Crippen LogP contribution in [-0.2, 0) is 6.42 Å². The molecule has 1 heterocycles. The molecule has 0 atom stereocenters. The van der Waals surface area contributed by atoms with Crippen LogP contribution >= 0.6 is 11.3 Å². The number of aryl methyl sites for hydroxylation is 1. The molecule has 0 fully saturated rings. The average Bonchev–Trinajstić information content (AvgIpc) is 2.64. The third-order valence-corrected chi connectivity index (χ3v) is 2.99. The van der Waals surface area contributed by atoms with E-state index in [1.54, 1.807) is 13.8 Å². The molecular weight excluding hydrogens is 208 g/mol. The summed E-state index contributed by atoms with van der Waals surface area (Å²) in [6, 6.07) is 3.99. The minimum Gasteiger partial charge on any atom is -0.334 e. The van der Waals surface area contributed by atoms with Crippen molar-refractivity contribution in [3.8, 4) is 6.07 Å². The Hall–Kier alpha value is -1.34. The third kappa shape index (κ3) is 2.80. The molecule has 0 unspecified atom stereocenters. The van der Waals surface area contributed by atoms with Gasteiger partial charge in [-0.2, -0.15) is 5.26 Å². The van der Waals surface area contributed by atoms with Crippen LogP contribution < -0.4 is 5.32 Å². The number of thiophene rings is 1. The predicted octanol–water partition coefficient (Wildman–Crippen LogP) is 2.34. The summed E-state index contributed by atoms with van der Waals surface area (Å²) in [6.45, 7) is 5.38. The zero-order valence-corrected chi connectivity index (χ0v) is 9.94.